The largest absolute Gasteiger partial charge is 0.331 e. The molecule has 1 heterocycles. The number of nitrogens with one attached hydrogen (secondary N) is 1. The first-order chi connectivity index (χ1) is 8.45. The number of carbonyl (C=O) groups excluding carboxylic acids is 1. The lowest BCUT2D eigenvalue weighted by Gasteiger charge is -2.19. The maximum atomic E-state index is 11.6. The maximum Gasteiger partial charge on any atom is 0.331 e. The fourth-order valence-corrected chi connectivity index (χ4v) is 2.56. The summed E-state index contributed by atoms with van der Waals surface area (Å²) in [6.45, 7) is 8.70. The van der Waals surface area contributed by atoms with Crippen molar-refractivity contribution in [2.45, 2.75) is 33.7 Å². The van der Waals surface area contributed by atoms with Gasteiger partial charge < -0.3 is 5.32 Å². The number of aryl methyl sites for hydroxylation is 2. The molecule has 4 nitrogen and oxygen atoms in total. The lowest BCUT2D eigenvalue weighted by atomic mass is 9.90. The monoisotopic (exact) mass is 243 g/mol. The standard InChI is InChI=1S/C14H17N3O/c1-8-5-9(2)11(4)13(10(8)3)12-6-17(7-15)14(18)16-12/h5,12H,6H2,1-4H3,(H,16,18). The summed E-state index contributed by atoms with van der Waals surface area (Å²) in [7, 11) is 0. The van der Waals surface area contributed by atoms with Crippen LogP contribution in [0.4, 0.5) is 4.79 Å². The Balaban J connectivity index is 2.48. The van der Waals surface area contributed by atoms with Crippen LogP contribution in [0.15, 0.2) is 6.07 Å². The Morgan fingerprint density at radius 1 is 1.28 bits per heavy atom. The summed E-state index contributed by atoms with van der Waals surface area (Å²) in [5, 5.41) is 11.7. The van der Waals surface area contributed by atoms with Crippen molar-refractivity contribution in [3.8, 4) is 6.19 Å². The van der Waals surface area contributed by atoms with Gasteiger partial charge in [0.05, 0.1) is 12.6 Å². The molecule has 2 rings (SSSR count). The lowest BCUT2D eigenvalue weighted by Crippen LogP contribution is -2.24. The first-order valence-electron chi connectivity index (χ1n) is 6.00. The first kappa shape index (κ1) is 12.4. The van der Waals surface area contributed by atoms with Crippen LogP contribution in [0.1, 0.15) is 33.9 Å². The second-order valence-corrected chi connectivity index (χ2v) is 4.89. The van der Waals surface area contributed by atoms with Crippen molar-refractivity contribution in [1.82, 2.24) is 10.2 Å². The number of carbonyl (C=O) groups is 1. The second-order valence-electron chi connectivity index (χ2n) is 4.89. The van der Waals surface area contributed by atoms with Crippen LogP contribution >= 0.6 is 0 Å². The molecule has 94 valence electrons. The van der Waals surface area contributed by atoms with Crippen molar-refractivity contribution < 1.29 is 4.79 Å². The van der Waals surface area contributed by atoms with E-state index in [0.717, 1.165) is 5.56 Å². The summed E-state index contributed by atoms with van der Waals surface area (Å²) in [6, 6.07) is 1.77. The average Bonchev–Trinajstić information content (AvgIpc) is 2.68. The molecule has 1 aliphatic heterocycles. The van der Waals surface area contributed by atoms with E-state index in [-0.39, 0.29) is 12.1 Å². The van der Waals surface area contributed by atoms with E-state index in [2.05, 4.69) is 39.1 Å². The smallest absolute Gasteiger partial charge is 0.328 e. The Bertz CT molecular complexity index is 531. The van der Waals surface area contributed by atoms with E-state index < -0.39 is 0 Å². The predicted octanol–water partition coefficient (Wildman–Crippen LogP) is 2.47. The van der Waals surface area contributed by atoms with E-state index >= 15 is 0 Å². The Morgan fingerprint density at radius 3 is 2.28 bits per heavy atom. The van der Waals surface area contributed by atoms with Crippen molar-refractivity contribution >= 4 is 6.03 Å². The third kappa shape index (κ3) is 1.82. The van der Waals surface area contributed by atoms with E-state index in [1.165, 1.54) is 27.2 Å². The molecule has 1 unspecified atom stereocenters. The Hall–Kier alpha value is -2.02. The molecule has 0 spiro atoms. The van der Waals surface area contributed by atoms with Crippen molar-refractivity contribution in [3.63, 3.8) is 0 Å². The molecule has 1 saturated heterocycles. The molecule has 0 aliphatic carbocycles. The summed E-state index contributed by atoms with van der Waals surface area (Å²) < 4.78 is 0. The molecule has 0 saturated carbocycles. The fraction of sp³-hybridized carbons (Fsp3) is 0.429. The molecule has 1 atom stereocenters. The van der Waals surface area contributed by atoms with Gasteiger partial charge in [-0.2, -0.15) is 5.26 Å². The summed E-state index contributed by atoms with van der Waals surface area (Å²) in [6.07, 6.45) is 1.90. The van der Waals surface area contributed by atoms with Crippen molar-refractivity contribution in [1.29, 1.82) is 5.26 Å². The number of hydrogen-bond donors (Lipinski definition) is 1. The molecule has 1 aromatic rings. The van der Waals surface area contributed by atoms with Gasteiger partial charge in [0, 0.05) is 0 Å². The normalized spacial score (nSPS) is 18.7. The molecular formula is C14H17N3O. The summed E-state index contributed by atoms with van der Waals surface area (Å²) in [4.78, 5) is 12.7. The van der Waals surface area contributed by atoms with Crippen LogP contribution in [-0.2, 0) is 0 Å². The second kappa shape index (κ2) is 4.34. The number of amides is 2. The van der Waals surface area contributed by atoms with Gasteiger partial charge >= 0.3 is 6.03 Å². The molecular weight excluding hydrogens is 226 g/mol. The Morgan fingerprint density at radius 2 is 1.83 bits per heavy atom. The van der Waals surface area contributed by atoms with Crippen molar-refractivity contribution in [2.75, 3.05) is 6.54 Å². The van der Waals surface area contributed by atoms with Gasteiger partial charge in [-0.1, -0.05) is 6.07 Å². The van der Waals surface area contributed by atoms with Gasteiger partial charge in [0.25, 0.3) is 0 Å². The Kier molecular flexibility index (Phi) is 3.00. The summed E-state index contributed by atoms with van der Waals surface area (Å²) in [5.74, 6) is 0. The minimum absolute atomic E-state index is 0.0873. The van der Waals surface area contributed by atoms with Crippen LogP contribution in [0.25, 0.3) is 0 Å². The van der Waals surface area contributed by atoms with Gasteiger partial charge in [-0.05, 0) is 55.5 Å². The molecule has 1 aromatic carbocycles. The number of nitrogens with zero attached hydrogens (tertiary/aromatic N) is 2. The van der Waals surface area contributed by atoms with E-state index in [0.29, 0.717) is 6.54 Å². The molecule has 0 radical (unpaired) electrons. The molecule has 0 aromatic heterocycles. The highest BCUT2D eigenvalue weighted by Gasteiger charge is 2.32. The minimum Gasteiger partial charge on any atom is -0.328 e. The molecule has 1 fully saturated rings. The molecule has 4 heteroatoms. The number of urea groups is 1. The third-order valence-corrected chi connectivity index (χ3v) is 3.80. The van der Waals surface area contributed by atoms with Crippen LogP contribution in [0, 0.1) is 39.1 Å². The molecule has 1 N–H and O–H groups in total. The van der Waals surface area contributed by atoms with Crippen molar-refractivity contribution in [2.24, 2.45) is 0 Å². The number of nitriles is 1. The SMILES string of the molecule is Cc1cc(C)c(C)c(C2CN(C#N)C(=O)N2)c1C. The highest BCUT2D eigenvalue weighted by atomic mass is 16.2. The maximum absolute atomic E-state index is 11.6. The summed E-state index contributed by atoms with van der Waals surface area (Å²) in [5.41, 5.74) is 5.99. The van der Waals surface area contributed by atoms with Gasteiger partial charge in [0.15, 0.2) is 6.19 Å². The van der Waals surface area contributed by atoms with Crippen LogP contribution in [0.3, 0.4) is 0 Å². The van der Waals surface area contributed by atoms with Gasteiger partial charge in [0.1, 0.15) is 0 Å². The van der Waals surface area contributed by atoms with Crippen LogP contribution in [-0.4, -0.2) is 17.5 Å². The van der Waals surface area contributed by atoms with Crippen LogP contribution < -0.4 is 5.32 Å². The van der Waals surface area contributed by atoms with Gasteiger partial charge in [-0.3, -0.25) is 0 Å². The lowest BCUT2D eigenvalue weighted by molar-refractivity contribution is 0.232. The van der Waals surface area contributed by atoms with E-state index in [4.69, 9.17) is 5.26 Å². The molecule has 2 amide bonds. The van der Waals surface area contributed by atoms with E-state index in [9.17, 15) is 4.79 Å². The zero-order valence-corrected chi connectivity index (χ0v) is 11.2. The number of hydrogen-bond acceptors (Lipinski definition) is 2. The highest BCUT2D eigenvalue weighted by molar-refractivity contribution is 5.79. The average molecular weight is 243 g/mol. The number of rotatable bonds is 1. The van der Waals surface area contributed by atoms with E-state index in [1.807, 2.05) is 6.19 Å². The third-order valence-electron chi connectivity index (χ3n) is 3.80. The molecule has 1 aliphatic rings. The van der Waals surface area contributed by atoms with Gasteiger partial charge in [-0.15, -0.1) is 0 Å². The van der Waals surface area contributed by atoms with Crippen molar-refractivity contribution in [3.05, 3.63) is 33.9 Å². The highest BCUT2D eigenvalue weighted by Crippen LogP contribution is 2.30. The number of benzene rings is 1. The molecule has 0 bridgehead atoms. The van der Waals surface area contributed by atoms with Gasteiger partial charge in [0.2, 0.25) is 0 Å². The minimum atomic E-state index is -0.305. The zero-order chi connectivity index (χ0) is 13.4. The first-order valence-corrected chi connectivity index (χ1v) is 6.00. The fourth-order valence-electron chi connectivity index (χ4n) is 2.56. The summed E-state index contributed by atoms with van der Waals surface area (Å²) >= 11 is 0. The Labute approximate surface area is 107 Å². The zero-order valence-electron chi connectivity index (χ0n) is 11.2. The predicted molar refractivity (Wildman–Crippen MR) is 69.0 cm³/mol. The topological polar surface area (TPSA) is 56.1 Å². The van der Waals surface area contributed by atoms with Crippen LogP contribution in [0.5, 0.6) is 0 Å². The van der Waals surface area contributed by atoms with Gasteiger partial charge in [-0.25, -0.2) is 9.69 Å². The van der Waals surface area contributed by atoms with E-state index in [1.54, 1.807) is 0 Å². The van der Waals surface area contributed by atoms with Crippen LogP contribution in [0.2, 0.25) is 0 Å². The quantitative estimate of drug-likeness (QED) is 0.770. The molecule has 18 heavy (non-hydrogen) atoms.